The minimum absolute atomic E-state index is 0.262. The Balaban J connectivity index is 2.07. The lowest BCUT2D eigenvalue weighted by Gasteiger charge is -2.26. The Morgan fingerprint density at radius 3 is 2.91 bits per heavy atom. The molecule has 3 rings (SSSR count). The van der Waals surface area contributed by atoms with Crippen LogP contribution in [0.15, 0.2) is 12.1 Å². The molecule has 1 aromatic carbocycles. The van der Waals surface area contributed by atoms with Crippen LogP contribution in [-0.4, -0.2) is 47.4 Å². The minimum Gasteiger partial charge on any atom is -0.391 e. The topological polar surface area (TPSA) is 67.6 Å². The van der Waals surface area contributed by atoms with Crippen molar-refractivity contribution in [1.29, 1.82) is 5.26 Å². The third-order valence-corrected chi connectivity index (χ3v) is 4.98. The normalized spacial score (nSPS) is 27.2. The molecule has 1 N–H and O–H groups in total. The summed E-state index contributed by atoms with van der Waals surface area (Å²) in [5.41, 5.74) is 1.35. The van der Waals surface area contributed by atoms with Crippen molar-refractivity contribution in [3.8, 4) is 6.07 Å². The first-order chi connectivity index (χ1) is 10.5. The summed E-state index contributed by atoms with van der Waals surface area (Å²) in [6, 6.07) is 3.50. The summed E-state index contributed by atoms with van der Waals surface area (Å²) >= 11 is 6.15. The van der Waals surface area contributed by atoms with E-state index < -0.39 is 24.9 Å². The number of aliphatic hydroxyl groups is 1. The number of halogens is 2. The Morgan fingerprint density at radius 1 is 1.55 bits per heavy atom. The van der Waals surface area contributed by atoms with Crippen LogP contribution in [0.3, 0.4) is 0 Å². The van der Waals surface area contributed by atoms with E-state index in [-0.39, 0.29) is 11.1 Å². The number of anilines is 1. The van der Waals surface area contributed by atoms with E-state index in [4.69, 9.17) is 16.9 Å². The Labute approximate surface area is 132 Å². The van der Waals surface area contributed by atoms with Gasteiger partial charge in [0.05, 0.1) is 34.5 Å². The molecular formula is C15H15ClFN3O2. The highest BCUT2D eigenvalue weighted by Gasteiger charge is 2.52. The number of rotatable bonds is 2. The molecule has 2 heterocycles. The number of urea groups is 1. The van der Waals surface area contributed by atoms with Crippen LogP contribution in [-0.2, 0) is 0 Å². The molecule has 0 spiro atoms. The standard InChI is InChI=1S/C15H15ClFN3O2/c1-8-10(3-2-9(7-18)13(8)16)20-11(6-17)14-12(21)4-5-19(14)15(20)22/h2-3,11-12,14,21H,4-6H2,1H3/t11?,12-,14+/m0/s1. The fraction of sp³-hybridized carbons (Fsp3) is 0.467. The first kappa shape index (κ1) is 15.1. The number of carbonyl (C=O) groups is 1. The molecule has 0 saturated carbocycles. The summed E-state index contributed by atoms with van der Waals surface area (Å²) in [6.07, 6.45) is -0.253. The number of amides is 2. The van der Waals surface area contributed by atoms with E-state index in [0.717, 1.165) is 0 Å². The Hall–Kier alpha value is -1.84. The van der Waals surface area contributed by atoms with E-state index in [9.17, 15) is 14.3 Å². The smallest absolute Gasteiger partial charge is 0.325 e. The van der Waals surface area contributed by atoms with Gasteiger partial charge in [0, 0.05) is 6.54 Å². The van der Waals surface area contributed by atoms with Crippen LogP contribution in [0.2, 0.25) is 5.02 Å². The van der Waals surface area contributed by atoms with Crippen LogP contribution in [0.5, 0.6) is 0 Å². The van der Waals surface area contributed by atoms with Crippen molar-refractivity contribution in [3.05, 3.63) is 28.3 Å². The summed E-state index contributed by atoms with van der Waals surface area (Å²) in [4.78, 5) is 15.5. The van der Waals surface area contributed by atoms with Crippen LogP contribution >= 0.6 is 11.6 Å². The third-order valence-electron chi connectivity index (χ3n) is 4.49. The maximum absolute atomic E-state index is 13.6. The minimum atomic E-state index is -0.749. The molecule has 2 fully saturated rings. The molecule has 2 amide bonds. The number of hydrogen-bond donors (Lipinski definition) is 1. The first-order valence-corrected chi connectivity index (χ1v) is 7.42. The van der Waals surface area contributed by atoms with E-state index in [1.165, 1.54) is 15.9 Å². The molecule has 2 saturated heterocycles. The van der Waals surface area contributed by atoms with E-state index >= 15 is 0 Å². The molecule has 0 radical (unpaired) electrons. The second-order valence-electron chi connectivity index (χ2n) is 5.60. The lowest BCUT2D eigenvalue weighted by Crippen LogP contribution is -2.43. The summed E-state index contributed by atoms with van der Waals surface area (Å²) < 4.78 is 13.6. The van der Waals surface area contributed by atoms with Gasteiger partial charge in [0.25, 0.3) is 0 Å². The van der Waals surface area contributed by atoms with Gasteiger partial charge in [0.1, 0.15) is 12.7 Å². The second-order valence-corrected chi connectivity index (χ2v) is 5.98. The molecule has 7 heteroatoms. The number of carbonyl (C=O) groups excluding carboxylic acids is 1. The maximum Gasteiger partial charge on any atom is 0.325 e. The molecular weight excluding hydrogens is 309 g/mol. The van der Waals surface area contributed by atoms with E-state index in [2.05, 4.69) is 0 Å². The lowest BCUT2D eigenvalue weighted by molar-refractivity contribution is 0.125. The molecule has 2 aliphatic rings. The Morgan fingerprint density at radius 2 is 2.27 bits per heavy atom. The highest BCUT2D eigenvalue weighted by Crippen LogP contribution is 2.39. The van der Waals surface area contributed by atoms with Crippen LogP contribution in [0.25, 0.3) is 0 Å². The van der Waals surface area contributed by atoms with Crippen LogP contribution in [0.4, 0.5) is 14.9 Å². The average molecular weight is 324 g/mol. The van der Waals surface area contributed by atoms with Crippen molar-refractivity contribution in [1.82, 2.24) is 4.90 Å². The third kappa shape index (κ3) is 1.97. The molecule has 116 valence electrons. The van der Waals surface area contributed by atoms with Crippen molar-refractivity contribution in [2.45, 2.75) is 31.5 Å². The van der Waals surface area contributed by atoms with Crippen molar-refractivity contribution in [3.63, 3.8) is 0 Å². The van der Waals surface area contributed by atoms with E-state index in [1.807, 2.05) is 6.07 Å². The predicted molar refractivity (Wildman–Crippen MR) is 79.7 cm³/mol. The Bertz CT molecular complexity index is 675. The highest BCUT2D eigenvalue weighted by atomic mass is 35.5. The number of alkyl halides is 1. The summed E-state index contributed by atoms with van der Waals surface area (Å²) in [5, 5.41) is 19.3. The van der Waals surface area contributed by atoms with Crippen LogP contribution in [0, 0.1) is 18.3 Å². The second kappa shape index (κ2) is 5.41. The van der Waals surface area contributed by atoms with Gasteiger partial charge in [-0.3, -0.25) is 4.90 Å². The molecule has 3 atom stereocenters. The lowest BCUT2D eigenvalue weighted by atomic mass is 10.0. The molecule has 1 unspecified atom stereocenters. The van der Waals surface area contributed by atoms with Crippen molar-refractivity contribution in [2.75, 3.05) is 18.1 Å². The maximum atomic E-state index is 13.6. The largest absolute Gasteiger partial charge is 0.391 e. The molecule has 0 bridgehead atoms. The zero-order valence-corrected chi connectivity index (χ0v) is 12.7. The molecule has 0 aromatic heterocycles. The number of nitriles is 1. The number of nitrogens with zero attached hydrogens (tertiary/aromatic N) is 3. The van der Waals surface area contributed by atoms with Crippen LogP contribution in [0.1, 0.15) is 17.5 Å². The predicted octanol–water partition coefficient (Wildman–Crippen LogP) is 2.23. The molecule has 0 aliphatic carbocycles. The van der Waals surface area contributed by atoms with Crippen molar-refractivity contribution in [2.24, 2.45) is 0 Å². The van der Waals surface area contributed by atoms with Crippen LogP contribution < -0.4 is 4.90 Å². The number of benzene rings is 1. The fourth-order valence-corrected chi connectivity index (χ4v) is 3.59. The van der Waals surface area contributed by atoms with E-state index in [0.29, 0.717) is 29.8 Å². The zero-order chi connectivity index (χ0) is 16.0. The van der Waals surface area contributed by atoms with Gasteiger partial charge >= 0.3 is 6.03 Å². The molecule has 1 aromatic rings. The summed E-state index contributed by atoms with van der Waals surface area (Å²) in [5.74, 6) is 0. The van der Waals surface area contributed by atoms with Gasteiger partial charge in [-0.25, -0.2) is 9.18 Å². The average Bonchev–Trinajstić information content (AvgIpc) is 3.01. The summed E-state index contributed by atoms with van der Waals surface area (Å²) in [7, 11) is 0. The fourth-order valence-electron chi connectivity index (χ4n) is 3.38. The molecule has 2 aliphatic heterocycles. The van der Waals surface area contributed by atoms with Gasteiger partial charge in [-0.1, -0.05) is 11.6 Å². The van der Waals surface area contributed by atoms with E-state index in [1.54, 1.807) is 13.0 Å². The van der Waals surface area contributed by atoms with Gasteiger partial charge in [0.15, 0.2) is 0 Å². The first-order valence-electron chi connectivity index (χ1n) is 7.04. The highest BCUT2D eigenvalue weighted by molar-refractivity contribution is 6.33. The van der Waals surface area contributed by atoms with Gasteiger partial charge in [-0.15, -0.1) is 0 Å². The van der Waals surface area contributed by atoms with Gasteiger partial charge in [-0.05, 0) is 31.0 Å². The number of fused-ring (bicyclic) bond motifs is 1. The molecule has 5 nitrogen and oxygen atoms in total. The van der Waals surface area contributed by atoms with Gasteiger partial charge in [-0.2, -0.15) is 5.26 Å². The molecule has 22 heavy (non-hydrogen) atoms. The van der Waals surface area contributed by atoms with Gasteiger partial charge in [0.2, 0.25) is 0 Å². The van der Waals surface area contributed by atoms with Crippen molar-refractivity contribution >= 4 is 23.3 Å². The SMILES string of the molecule is Cc1c(N2C(=O)N3CC[C@H](O)[C@H]3C2CF)ccc(C#N)c1Cl. The Kier molecular flexibility index (Phi) is 3.71. The summed E-state index contributed by atoms with van der Waals surface area (Å²) in [6.45, 7) is 1.36. The monoisotopic (exact) mass is 323 g/mol. The number of hydrogen-bond acceptors (Lipinski definition) is 3. The van der Waals surface area contributed by atoms with Gasteiger partial charge < -0.3 is 10.0 Å². The van der Waals surface area contributed by atoms with Crippen molar-refractivity contribution < 1.29 is 14.3 Å². The number of aliphatic hydroxyl groups excluding tert-OH is 1. The zero-order valence-electron chi connectivity index (χ0n) is 12.0. The quantitative estimate of drug-likeness (QED) is 0.907.